The number of halogens is 2. The van der Waals surface area contributed by atoms with E-state index < -0.39 is 0 Å². The zero-order valence-corrected chi connectivity index (χ0v) is 18.1. The predicted octanol–water partition coefficient (Wildman–Crippen LogP) is 3.73. The number of nitrogens with zero attached hydrogens (tertiary/aromatic N) is 2. The SMILES string of the molecule is CC1(CN)CCN(C(=O)CN(Cc2ccccc2)Cc2ccccc2)C1.Cl.Cl. The number of carbonyl (C=O) groups is 1. The topological polar surface area (TPSA) is 49.6 Å². The number of benzene rings is 2. The first-order valence-electron chi connectivity index (χ1n) is 9.36. The van der Waals surface area contributed by atoms with E-state index >= 15 is 0 Å². The highest BCUT2D eigenvalue weighted by molar-refractivity contribution is 5.85. The van der Waals surface area contributed by atoms with Crippen molar-refractivity contribution in [2.75, 3.05) is 26.2 Å². The Hall–Kier alpha value is -1.59. The van der Waals surface area contributed by atoms with Crippen LogP contribution < -0.4 is 5.73 Å². The second-order valence-corrected chi connectivity index (χ2v) is 7.70. The number of amides is 1. The van der Waals surface area contributed by atoms with Crippen molar-refractivity contribution in [3.05, 3.63) is 71.8 Å². The number of carbonyl (C=O) groups excluding carboxylic acids is 1. The van der Waals surface area contributed by atoms with Crippen molar-refractivity contribution in [1.82, 2.24) is 9.80 Å². The van der Waals surface area contributed by atoms with Gasteiger partial charge in [-0.3, -0.25) is 9.69 Å². The molecule has 1 heterocycles. The number of hydrogen-bond donors (Lipinski definition) is 1. The lowest BCUT2D eigenvalue weighted by Crippen LogP contribution is -2.40. The highest BCUT2D eigenvalue weighted by atomic mass is 35.5. The van der Waals surface area contributed by atoms with Crippen LogP contribution in [0, 0.1) is 5.41 Å². The molecule has 1 unspecified atom stereocenters. The zero-order valence-electron chi connectivity index (χ0n) is 16.4. The summed E-state index contributed by atoms with van der Waals surface area (Å²) in [5, 5.41) is 0. The molecule has 4 nitrogen and oxygen atoms in total. The molecule has 2 aromatic rings. The summed E-state index contributed by atoms with van der Waals surface area (Å²) in [6.07, 6.45) is 0.993. The van der Waals surface area contributed by atoms with Crippen LogP contribution in [0.5, 0.6) is 0 Å². The van der Waals surface area contributed by atoms with Gasteiger partial charge in [0.1, 0.15) is 0 Å². The Morgan fingerprint density at radius 3 is 1.93 bits per heavy atom. The highest BCUT2D eigenvalue weighted by Gasteiger charge is 2.35. The molecule has 0 radical (unpaired) electrons. The van der Waals surface area contributed by atoms with Crippen LogP contribution >= 0.6 is 24.8 Å². The van der Waals surface area contributed by atoms with E-state index in [0.717, 1.165) is 32.6 Å². The summed E-state index contributed by atoms with van der Waals surface area (Å²) < 4.78 is 0. The Morgan fingerprint density at radius 1 is 1.00 bits per heavy atom. The Labute approximate surface area is 180 Å². The van der Waals surface area contributed by atoms with Crippen LogP contribution in [0.15, 0.2) is 60.7 Å². The first-order valence-corrected chi connectivity index (χ1v) is 9.36. The predicted molar refractivity (Wildman–Crippen MR) is 120 cm³/mol. The normalized spacial score (nSPS) is 18.5. The average Bonchev–Trinajstić information content (AvgIpc) is 3.06. The Kier molecular flexibility index (Phi) is 9.97. The lowest BCUT2D eigenvalue weighted by atomic mass is 9.90. The standard InChI is InChI=1S/C22H29N3O.2ClH/c1-22(17-23)12-13-25(18-22)21(26)16-24(14-19-8-4-2-5-9-19)15-20-10-6-3-7-11-20;;/h2-11H,12-18,23H2,1H3;2*1H. The molecule has 0 aliphatic carbocycles. The molecule has 1 aliphatic heterocycles. The number of nitrogens with two attached hydrogens (primary N) is 1. The van der Waals surface area contributed by atoms with Crippen LogP contribution in [0.1, 0.15) is 24.5 Å². The molecule has 1 saturated heterocycles. The number of hydrogen-bond acceptors (Lipinski definition) is 3. The molecule has 0 saturated carbocycles. The smallest absolute Gasteiger partial charge is 0.236 e. The van der Waals surface area contributed by atoms with E-state index in [1.165, 1.54) is 11.1 Å². The quantitative estimate of drug-likeness (QED) is 0.737. The van der Waals surface area contributed by atoms with E-state index in [-0.39, 0.29) is 36.1 Å². The molecule has 1 amide bonds. The molecular formula is C22H31Cl2N3O. The molecule has 0 bridgehead atoms. The fourth-order valence-corrected chi connectivity index (χ4v) is 3.55. The monoisotopic (exact) mass is 423 g/mol. The minimum absolute atomic E-state index is 0. The molecule has 6 heteroatoms. The largest absolute Gasteiger partial charge is 0.341 e. The van der Waals surface area contributed by atoms with E-state index in [1.54, 1.807) is 0 Å². The molecule has 2 N–H and O–H groups in total. The van der Waals surface area contributed by atoms with Crippen LogP contribution in [0.25, 0.3) is 0 Å². The molecule has 0 aromatic heterocycles. The van der Waals surface area contributed by atoms with Gasteiger partial charge in [-0.2, -0.15) is 0 Å². The van der Waals surface area contributed by atoms with E-state index in [2.05, 4.69) is 36.1 Å². The van der Waals surface area contributed by atoms with Gasteiger partial charge in [0.15, 0.2) is 0 Å². The maximum absolute atomic E-state index is 12.9. The van der Waals surface area contributed by atoms with Gasteiger partial charge in [0.05, 0.1) is 6.54 Å². The summed E-state index contributed by atoms with van der Waals surface area (Å²) in [7, 11) is 0. The molecule has 1 fully saturated rings. The van der Waals surface area contributed by atoms with E-state index in [0.29, 0.717) is 13.1 Å². The molecule has 0 spiro atoms. The Balaban J connectivity index is 0.00000196. The maximum Gasteiger partial charge on any atom is 0.236 e. The molecule has 28 heavy (non-hydrogen) atoms. The van der Waals surface area contributed by atoms with Crippen LogP contribution in [0.3, 0.4) is 0 Å². The van der Waals surface area contributed by atoms with Gasteiger partial charge < -0.3 is 10.6 Å². The third-order valence-electron chi connectivity index (χ3n) is 5.26. The molecule has 1 aliphatic rings. The van der Waals surface area contributed by atoms with Crippen LogP contribution in [-0.4, -0.2) is 41.9 Å². The minimum atomic E-state index is 0. The summed E-state index contributed by atoms with van der Waals surface area (Å²) in [6, 6.07) is 20.7. The molecule has 1 atom stereocenters. The Bertz CT molecular complexity index is 673. The zero-order chi connectivity index (χ0) is 18.4. The van der Waals surface area contributed by atoms with Crippen molar-refractivity contribution < 1.29 is 4.79 Å². The third kappa shape index (κ3) is 6.78. The minimum Gasteiger partial charge on any atom is -0.341 e. The van der Waals surface area contributed by atoms with Gasteiger partial charge in [-0.15, -0.1) is 24.8 Å². The van der Waals surface area contributed by atoms with Gasteiger partial charge in [-0.05, 0) is 29.5 Å². The summed E-state index contributed by atoms with van der Waals surface area (Å²) in [5.41, 5.74) is 8.41. The number of likely N-dealkylation sites (tertiary alicyclic amines) is 1. The average molecular weight is 424 g/mol. The van der Waals surface area contributed by atoms with E-state index in [9.17, 15) is 4.79 Å². The summed E-state index contributed by atoms with van der Waals surface area (Å²) in [4.78, 5) is 17.1. The van der Waals surface area contributed by atoms with Crippen LogP contribution in [-0.2, 0) is 17.9 Å². The van der Waals surface area contributed by atoms with Gasteiger partial charge in [-0.25, -0.2) is 0 Å². The van der Waals surface area contributed by atoms with Gasteiger partial charge in [-0.1, -0.05) is 67.6 Å². The van der Waals surface area contributed by atoms with Gasteiger partial charge >= 0.3 is 0 Å². The fraction of sp³-hybridized carbons (Fsp3) is 0.409. The van der Waals surface area contributed by atoms with E-state index in [1.807, 2.05) is 41.3 Å². The number of rotatable bonds is 7. The van der Waals surface area contributed by atoms with Gasteiger partial charge in [0, 0.05) is 26.2 Å². The first-order chi connectivity index (χ1) is 12.6. The van der Waals surface area contributed by atoms with Crippen molar-refractivity contribution in [1.29, 1.82) is 0 Å². The van der Waals surface area contributed by atoms with Crippen molar-refractivity contribution in [2.45, 2.75) is 26.4 Å². The molecule has 2 aromatic carbocycles. The summed E-state index contributed by atoms with van der Waals surface area (Å²) in [6.45, 7) is 6.36. The fourth-order valence-electron chi connectivity index (χ4n) is 3.55. The second-order valence-electron chi connectivity index (χ2n) is 7.70. The second kappa shape index (κ2) is 11.4. The lowest BCUT2D eigenvalue weighted by molar-refractivity contribution is -0.132. The van der Waals surface area contributed by atoms with Crippen molar-refractivity contribution in [2.24, 2.45) is 11.1 Å². The van der Waals surface area contributed by atoms with Crippen molar-refractivity contribution in [3.8, 4) is 0 Å². The maximum atomic E-state index is 12.9. The van der Waals surface area contributed by atoms with Crippen molar-refractivity contribution >= 4 is 30.7 Å². The van der Waals surface area contributed by atoms with Gasteiger partial charge in [0.25, 0.3) is 0 Å². The third-order valence-corrected chi connectivity index (χ3v) is 5.26. The van der Waals surface area contributed by atoms with Gasteiger partial charge in [0.2, 0.25) is 5.91 Å². The summed E-state index contributed by atoms with van der Waals surface area (Å²) >= 11 is 0. The lowest BCUT2D eigenvalue weighted by Gasteiger charge is -2.27. The summed E-state index contributed by atoms with van der Waals surface area (Å²) in [5.74, 6) is 0.203. The Morgan fingerprint density at radius 2 is 1.50 bits per heavy atom. The first kappa shape index (κ1) is 24.4. The molecular weight excluding hydrogens is 393 g/mol. The molecule has 3 rings (SSSR count). The van der Waals surface area contributed by atoms with E-state index in [4.69, 9.17) is 5.73 Å². The van der Waals surface area contributed by atoms with Crippen molar-refractivity contribution in [3.63, 3.8) is 0 Å². The van der Waals surface area contributed by atoms with Crippen LogP contribution in [0.2, 0.25) is 0 Å². The van der Waals surface area contributed by atoms with Crippen LogP contribution in [0.4, 0.5) is 0 Å². The molecule has 154 valence electrons. The highest BCUT2D eigenvalue weighted by Crippen LogP contribution is 2.28.